The van der Waals surface area contributed by atoms with Gasteiger partial charge in [0.1, 0.15) is 18.2 Å². The Balaban J connectivity index is 2.53. The average Bonchev–Trinajstić information content (AvgIpc) is 2.30. The Hall–Kier alpha value is -1.13. The summed E-state index contributed by atoms with van der Waals surface area (Å²) in [6.07, 6.45) is 0. The molecule has 0 radical (unpaired) electrons. The van der Waals surface area contributed by atoms with Gasteiger partial charge in [-0.25, -0.2) is 4.39 Å². The fourth-order valence-electron chi connectivity index (χ4n) is 1.68. The maximum Gasteiger partial charge on any atom is 0.127 e. The number of nitrogens with one attached hydrogen (secondary N) is 1. The van der Waals surface area contributed by atoms with Gasteiger partial charge in [0.05, 0.1) is 12.2 Å². The minimum absolute atomic E-state index is 0.00606. The largest absolute Gasteiger partial charge is 0.491 e. The maximum absolute atomic E-state index is 13.6. The molecule has 120 valence electrons. The molecule has 0 bridgehead atoms. The van der Waals surface area contributed by atoms with Crippen molar-refractivity contribution in [2.75, 3.05) is 13.2 Å². The molecule has 3 nitrogen and oxygen atoms in total. The van der Waals surface area contributed by atoms with E-state index in [1.807, 2.05) is 26.8 Å². The van der Waals surface area contributed by atoms with Crippen molar-refractivity contribution in [2.24, 2.45) is 0 Å². The number of hydrogen-bond donors (Lipinski definition) is 1. The van der Waals surface area contributed by atoms with Crippen LogP contribution in [0.5, 0.6) is 5.75 Å². The average molecular weight is 297 g/mol. The molecule has 0 amide bonds. The van der Waals surface area contributed by atoms with Crippen LogP contribution in [0.25, 0.3) is 0 Å². The molecular weight excluding hydrogens is 269 g/mol. The summed E-state index contributed by atoms with van der Waals surface area (Å²) in [4.78, 5) is 0. The SMILES string of the molecule is CC(C)(C)NCc1cc(F)cc(OCCOC(C)(C)C)c1. The van der Waals surface area contributed by atoms with Crippen LogP contribution in [0.2, 0.25) is 0 Å². The summed E-state index contributed by atoms with van der Waals surface area (Å²) >= 11 is 0. The highest BCUT2D eigenvalue weighted by Crippen LogP contribution is 2.17. The lowest BCUT2D eigenvalue weighted by Crippen LogP contribution is -2.35. The van der Waals surface area contributed by atoms with Gasteiger partial charge in [0.15, 0.2) is 0 Å². The second kappa shape index (κ2) is 7.23. The van der Waals surface area contributed by atoms with E-state index in [4.69, 9.17) is 9.47 Å². The summed E-state index contributed by atoms with van der Waals surface area (Å²) in [7, 11) is 0. The summed E-state index contributed by atoms with van der Waals surface area (Å²) in [5.74, 6) is 0.258. The molecular formula is C17H28FNO2. The van der Waals surface area contributed by atoms with Gasteiger partial charge in [-0.1, -0.05) is 0 Å². The Labute approximate surface area is 127 Å². The molecule has 0 saturated carbocycles. The maximum atomic E-state index is 13.6. The first kappa shape index (κ1) is 17.9. The molecule has 0 aliphatic carbocycles. The second-order valence-corrected chi connectivity index (χ2v) is 7.21. The topological polar surface area (TPSA) is 30.5 Å². The highest BCUT2D eigenvalue weighted by atomic mass is 19.1. The van der Waals surface area contributed by atoms with E-state index < -0.39 is 0 Å². The lowest BCUT2D eigenvalue weighted by molar-refractivity contribution is -0.0163. The van der Waals surface area contributed by atoms with Gasteiger partial charge in [0.25, 0.3) is 0 Å². The van der Waals surface area contributed by atoms with Crippen LogP contribution in [0.1, 0.15) is 47.1 Å². The Bertz CT molecular complexity index is 447. The quantitative estimate of drug-likeness (QED) is 0.808. The first-order valence-electron chi connectivity index (χ1n) is 7.36. The Kier molecular flexibility index (Phi) is 6.17. The summed E-state index contributed by atoms with van der Waals surface area (Å²) in [5.41, 5.74) is 0.678. The summed E-state index contributed by atoms with van der Waals surface area (Å²) in [5, 5.41) is 3.33. The standard InChI is InChI=1S/C17H28FNO2/c1-16(2,3)19-12-13-9-14(18)11-15(10-13)20-7-8-21-17(4,5)6/h9-11,19H,7-8,12H2,1-6H3. The van der Waals surface area contributed by atoms with Gasteiger partial charge in [-0.2, -0.15) is 0 Å². The van der Waals surface area contributed by atoms with Crippen molar-refractivity contribution in [3.63, 3.8) is 0 Å². The Morgan fingerprint density at radius 2 is 1.67 bits per heavy atom. The smallest absolute Gasteiger partial charge is 0.127 e. The van der Waals surface area contributed by atoms with Crippen molar-refractivity contribution < 1.29 is 13.9 Å². The molecule has 21 heavy (non-hydrogen) atoms. The zero-order valence-electron chi connectivity index (χ0n) is 14.0. The molecule has 0 atom stereocenters. The Morgan fingerprint density at radius 3 is 2.24 bits per heavy atom. The highest BCUT2D eigenvalue weighted by molar-refractivity contribution is 5.29. The van der Waals surface area contributed by atoms with Gasteiger partial charge < -0.3 is 14.8 Å². The van der Waals surface area contributed by atoms with Gasteiger partial charge >= 0.3 is 0 Å². The number of halogens is 1. The lowest BCUT2D eigenvalue weighted by Gasteiger charge is -2.21. The molecule has 1 aromatic rings. The molecule has 0 aliphatic heterocycles. The van der Waals surface area contributed by atoms with E-state index in [9.17, 15) is 4.39 Å². The van der Waals surface area contributed by atoms with E-state index in [1.54, 1.807) is 0 Å². The summed E-state index contributed by atoms with van der Waals surface area (Å²) < 4.78 is 24.7. The van der Waals surface area contributed by atoms with E-state index in [0.717, 1.165) is 5.56 Å². The van der Waals surface area contributed by atoms with Crippen LogP contribution in [0.3, 0.4) is 0 Å². The molecule has 1 N–H and O–H groups in total. The zero-order chi connectivity index (χ0) is 16.1. The minimum Gasteiger partial charge on any atom is -0.491 e. The van der Waals surface area contributed by atoms with Crippen LogP contribution < -0.4 is 10.1 Å². The van der Waals surface area contributed by atoms with Gasteiger partial charge in [-0.05, 0) is 59.2 Å². The number of benzene rings is 1. The first-order chi connectivity index (χ1) is 9.55. The molecule has 0 aliphatic rings. The van der Waals surface area contributed by atoms with Crippen molar-refractivity contribution in [1.29, 1.82) is 0 Å². The van der Waals surface area contributed by atoms with Crippen molar-refractivity contribution in [1.82, 2.24) is 5.32 Å². The van der Waals surface area contributed by atoms with Crippen molar-refractivity contribution in [3.05, 3.63) is 29.6 Å². The normalized spacial score (nSPS) is 12.5. The fourth-order valence-corrected chi connectivity index (χ4v) is 1.68. The predicted octanol–water partition coefficient (Wildman–Crippen LogP) is 3.91. The van der Waals surface area contributed by atoms with Crippen LogP contribution in [-0.2, 0) is 11.3 Å². The van der Waals surface area contributed by atoms with Gasteiger partial charge in [-0.15, -0.1) is 0 Å². The summed E-state index contributed by atoms with van der Waals surface area (Å²) in [6, 6.07) is 4.79. The van der Waals surface area contributed by atoms with Gasteiger partial charge in [0, 0.05) is 18.2 Å². The van der Waals surface area contributed by atoms with E-state index in [1.165, 1.54) is 12.1 Å². The molecule has 0 aromatic heterocycles. The van der Waals surface area contributed by atoms with Crippen LogP contribution in [-0.4, -0.2) is 24.4 Å². The van der Waals surface area contributed by atoms with Crippen LogP contribution in [0.4, 0.5) is 4.39 Å². The van der Waals surface area contributed by atoms with Gasteiger partial charge in [-0.3, -0.25) is 0 Å². The highest BCUT2D eigenvalue weighted by Gasteiger charge is 2.11. The summed E-state index contributed by atoms with van der Waals surface area (Å²) in [6.45, 7) is 13.7. The molecule has 4 heteroatoms. The zero-order valence-corrected chi connectivity index (χ0v) is 14.0. The number of ether oxygens (including phenoxy) is 2. The minimum atomic E-state index is -0.282. The van der Waals surface area contributed by atoms with E-state index >= 15 is 0 Å². The molecule has 0 heterocycles. The molecule has 0 saturated heterocycles. The Morgan fingerprint density at radius 1 is 1.00 bits per heavy atom. The van der Waals surface area contributed by atoms with Crippen molar-refractivity contribution >= 4 is 0 Å². The van der Waals surface area contributed by atoms with Crippen LogP contribution >= 0.6 is 0 Å². The molecule has 0 spiro atoms. The monoisotopic (exact) mass is 297 g/mol. The predicted molar refractivity (Wildman–Crippen MR) is 84.2 cm³/mol. The van der Waals surface area contributed by atoms with Crippen molar-refractivity contribution in [3.8, 4) is 5.75 Å². The number of hydrogen-bond acceptors (Lipinski definition) is 3. The third kappa shape index (κ3) is 8.68. The second-order valence-electron chi connectivity index (χ2n) is 7.21. The third-order valence-corrected chi connectivity index (χ3v) is 2.64. The van der Waals surface area contributed by atoms with E-state index in [2.05, 4.69) is 26.1 Å². The van der Waals surface area contributed by atoms with Crippen LogP contribution in [0.15, 0.2) is 18.2 Å². The lowest BCUT2D eigenvalue weighted by atomic mass is 10.1. The molecule has 0 fully saturated rings. The van der Waals surface area contributed by atoms with Crippen LogP contribution in [0, 0.1) is 5.82 Å². The van der Waals surface area contributed by atoms with E-state index in [0.29, 0.717) is 25.5 Å². The fraction of sp³-hybridized carbons (Fsp3) is 0.647. The third-order valence-electron chi connectivity index (χ3n) is 2.64. The number of rotatable bonds is 6. The molecule has 1 aromatic carbocycles. The van der Waals surface area contributed by atoms with Gasteiger partial charge in [0.2, 0.25) is 0 Å². The van der Waals surface area contributed by atoms with Crippen molar-refractivity contribution in [2.45, 2.75) is 59.2 Å². The van der Waals surface area contributed by atoms with E-state index in [-0.39, 0.29) is 17.0 Å². The molecule has 0 unspecified atom stereocenters. The molecule has 1 rings (SSSR count). The first-order valence-corrected chi connectivity index (χ1v) is 7.36.